The van der Waals surface area contributed by atoms with E-state index in [4.69, 9.17) is 4.74 Å². The van der Waals surface area contributed by atoms with Crippen LogP contribution in [0.5, 0.6) is 5.75 Å². The number of benzene rings is 1. The Morgan fingerprint density at radius 2 is 2.20 bits per heavy atom. The predicted molar refractivity (Wildman–Crippen MR) is 75.6 cm³/mol. The molecule has 2 aliphatic carbocycles. The number of aliphatic hydroxyl groups excluding tert-OH is 1. The average Bonchev–Trinajstić information content (AvgIpc) is 3.39. The minimum Gasteiger partial charge on any atom is -0.496 e. The number of methoxy groups -OCH3 is 1. The van der Waals surface area contributed by atoms with E-state index in [2.05, 4.69) is 5.32 Å². The molecule has 1 aromatic rings. The summed E-state index contributed by atoms with van der Waals surface area (Å²) in [6.07, 6.45) is 2.92. The van der Waals surface area contributed by atoms with Crippen molar-refractivity contribution in [2.75, 3.05) is 20.3 Å². The molecule has 1 aromatic carbocycles. The van der Waals surface area contributed by atoms with Crippen molar-refractivity contribution in [2.24, 2.45) is 11.3 Å². The van der Waals surface area contributed by atoms with E-state index in [1.165, 1.54) is 0 Å². The quantitative estimate of drug-likeness (QED) is 0.830. The third-order valence-corrected chi connectivity index (χ3v) is 4.60. The molecule has 2 N–H and O–H groups in total. The largest absolute Gasteiger partial charge is 0.496 e. The van der Waals surface area contributed by atoms with E-state index in [-0.39, 0.29) is 29.8 Å². The molecule has 4 nitrogen and oxygen atoms in total. The van der Waals surface area contributed by atoms with Gasteiger partial charge in [0.05, 0.1) is 13.7 Å². The lowest BCUT2D eigenvalue weighted by Gasteiger charge is -2.13. The van der Waals surface area contributed by atoms with Crippen LogP contribution in [0.1, 0.15) is 30.7 Å². The molecule has 4 heteroatoms. The van der Waals surface area contributed by atoms with Crippen LogP contribution in [0.2, 0.25) is 0 Å². The number of aliphatic hydroxyl groups is 1. The molecular formula is C16H21NO3. The van der Waals surface area contributed by atoms with Gasteiger partial charge in [0, 0.05) is 17.9 Å². The number of rotatable bonds is 6. The molecule has 20 heavy (non-hydrogen) atoms. The van der Waals surface area contributed by atoms with Crippen LogP contribution < -0.4 is 10.1 Å². The Balaban J connectivity index is 1.57. The molecule has 0 bridgehead atoms. The average molecular weight is 275 g/mol. The first-order valence-corrected chi connectivity index (χ1v) is 7.21. The summed E-state index contributed by atoms with van der Waals surface area (Å²) in [6, 6.07) is 7.90. The van der Waals surface area contributed by atoms with Crippen LogP contribution in [0.3, 0.4) is 0 Å². The van der Waals surface area contributed by atoms with Crippen LogP contribution in [0.25, 0.3) is 0 Å². The zero-order valence-corrected chi connectivity index (χ0v) is 11.8. The molecule has 2 aliphatic rings. The van der Waals surface area contributed by atoms with E-state index in [0.717, 1.165) is 30.6 Å². The summed E-state index contributed by atoms with van der Waals surface area (Å²) < 4.78 is 5.35. The van der Waals surface area contributed by atoms with Gasteiger partial charge in [-0.05, 0) is 36.8 Å². The molecular weight excluding hydrogens is 254 g/mol. The highest BCUT2D eigenvalue weighted by Crippen LogP contribution is 2.51. The van der Waals surface area contributed by atoms with E-state index in [1.807, 2.05) is 24.3 Å². The molecule has 0 spiro atoms. The van der Waals surface area contributed by atoms with Gasteiger partial charge in [-0.2, -0.15) is 0 Å². The van der Waals surface area contributed by atoms with Crippen molar-refractivity contribution in [3.8, 4) is 5.75 Å². The van der Waals surface area contributed by atoms with E-state index in [1.54, 1.807) is 7.11 Å². The van der Waals surface area contributed by atoms with Gasteiger partial charge < -0.3 is 15.2 Å². The van der Waals surface area contributed by atoms with E-state index in [0.29, 0.717) is 6.54 Å². The zero-order chi connectivity index (χ0) is 14.2. The van der Waals surface area contributed by atoms with Gasteiger partial charge in [-0.3, -0.25) is 4.79 Å². The van der Waals surface area contributed by atoms with E-state index in [9.17, 15) is 9.90 Å². The molecule has 3 rings (SSSR count). The zero-order valence-electron chi connectivity index (χ0n) is 11.8. The first kappa shape index (κ1) is 13.4. The summed E-state index contributed by atoms with van der Waals surface area (Å²) in [7, 11) is 1.66. The molecule has 0 aromatic heterocycles. The molecule has 0 radical (unpaired) electrons. The van der Waals surface area contributed by atoms with Crippen molar-refractivity contribution in [1.29, 1.82) is 0 Å². The van der Waals surface area contributed by atoms with Crippen molar-refractivity contribution in [2.45, 2.75) is 25.2 Å². The summed E-state index contributed by atoms with van der Waals surface area (Å²) in [5.74, 6) is 1.30. The Labute approximate surface area is 119 Å². The summed E-state index contributed by atoms with van der Waals surface area (Å²) >= 11 is 0. The summed E-state index contributed by atoms with van der Waals surface area (Å²) in [6.45, 7) is 0.783. The molecule has 0 saturated heterocycles. The van der Waals surface area contributed by atoms with Gasteiger partial charge in [0.25, 0.3) is 0 Å². The molecule has 2 saturated carbocycles. The molecule has 108 valence electrons. The van der Waals surface area contributed by atoms with Crippen molar-refractivity contribution >= 4 is 5.91 Å². The van der Waals surface area contributed by atoms with E-state index < -0.39 is 0 Å². The predicted octanol–water partition coefficient (Wildman–Crippen LogP) is 1.69. The second-order valence-electron chi connectivity index (χ2n) is 6.07. The maximum absolute atomic E-state index is 12.1. The fourth-order valence-corrected chi connectivity index (χ4v) is 2.77. The minimum atomic E-state index is -0.0233. The summed E-state index contributed by atoms with van der Waals surface area (Å²) in [5.41, 5.74) is 1.10. The Morgan fingerprint density at radius 1 is 1.45 bits per heavy atom. The van der Waals surface area contributed by atoms with Gasteiger partial charge in [0.2, 0.25) is 5.91 Å². The lowest BCUT2D eigenvalue weighted by Crippen LogP contribution is -2.33. The van der Waals surface area contributed by atoms with Crippen molar-refractivity contribution in [1.82, 2.24) is 5.32 Å². The smallest absolute Gasteiger partial charge is 0.223 e. The van der Waals surface area contributed by atoms with E-state index >= 15 is 0 Å². The van der Waals surface area contributed by atoms with Crippen molar-refractivity contribution in [3.63, 3.8) is 0 Å². The van der Waals surface area contributed by atoms with Gasteiger partial charge in [-0.1, -0.05) is 18.2 Å². The topological polar surface area (TPSA) is 58.6 Å². The fraction of sp³-hybridized carbons (Fsp3) is 0.562. The molecule has 2 atom stereocenters. The number of amides is 1. The Kier molecular flexibility index (Phi) is 3.42. The second-order valence-corrected chi connectivity index (χ2v) is 6.07. The van der Waals surface area contributed by atoms with Gasteiger partial charge in [-0.15, -0.1) is 0 Å². The monoisotopic (exact) mass is 275 g/mol. The molecule has 0 aliphatic heterocycles. The summed E-state index contributed by atoms with van der Waals surface area (Å²) in [5, 5.41) is 12.2. The third kappa shape index (κ3) is 2.52. The number of carbonyl (C=O) groups is 1. The van der Waals surface area contributed by atoms with Crippen LogP contribution in [0.15, 0.2) is 24.3 Å². The van der Waals surface area contributed by atoms with Crippen molar-refractivity contribution in [3.05, 3.63) is 29.8 Å². The number of hydrogen-bond donors (Lipinski definition) is 2. The number of ether oxygens (including phenoxy) is 1. The fourth-order valence-electron chi connectivity index (χ4n) is 2.77. The lowest BCUT2D eigenvalue weighted by molar-refractivity contribution is -0.122. The Bertz CT molecular complexity index is 510. The maximum atomic E-state index is 12.1. The van der Waals surface area contributed by atoms with Crippen LogP contribution in [-0.2, 0) is 4.79 Å². The SMILES string of the molecule is COc1ccccc1C1CC1C(=O)NCC1(CO)CC1. The number of carbonyl (C=O) groups excluding carboxylic acids is 1. The first-order valence-electron chi connectivity index (χ1n) is 7.21. The standard InChI is InChI=1S/C16H21NO3/c1-20-14-5-3-2-4-11(14)12-8-13(12)15(19)17-9-16(10-18)6-7-16/h2-5,12-13,18H,6-10H2,1H3,(H,17,19). The molecule has 2 unspecified atom stereocenters. The van der Waals surface area contributed by atoms with Crippen LogP contribution >= 0.6 is 0 Å². The Morgan fingerprint density at radius 3 is 2.85 bits per heavy atom. The lowest BCUT2D eigenvalue weighted by atomic mass is 10.1. The second kappa shape index (κ2) is 5.09. The Hall–Kier alpha value is -1.55. The molecule has 1 amide bonds. The highest BCUT2D eigenvalue weighted by Gasteiger charge is 2.47. The van der Waals surface area contributed by atoms with Gasteiger partial charge >= 0.3 is 0 Å². The highest BCUT2D eigenvalue weighted by molar-refractivity contribution is 5.83. The first-order chi connectivity index (χ1) is 9.69. The van der Waals surface area contributed by atoms with Gasteiger partial charge in [0.15, 0.2) is 0 Å². The number of hydrogen-bond acceptors (Lipinski definition) is 3. The molecule has 0 heterocycles. The number of para-hydroxylation sites is 1. The van der Waals surface area contributed by atoms with Crippen LogP contribution in [0, 0.1) is 11.3 Å². The van der Waals surface area contributed by atoms with Gasteiger partial charge in [0.1, 0.15) is 5.75 Å². The van der Waals surface area contributed by atoms with Gasteiger partial charge in [-0.25, -0.2) is 0 Å². The number of nitrogens with one attached hydrogen (secondary N) is 1. The van der Waals surface area contributed by atoms with Crippen molar-refractivity contribution < 1.29 is 14.6 Å². The molecule has 2 fully saturated rings. The highest BCUT2D eigenvalue weighted by atomic mass is 16.5. The minimum absolute atomic E-state index is 0.0233. The van der Waals surface area contributed by atoms with Crippen LogP contribution in [0.4, 0.5) is 0 Å². The summed E-state index contributed by atoms with van der Waals surface area (Å²) in [4.78, 5) is 12.1. The maximum Gasteiger partial charge on any atom is 0.223 e. The van der Waals surface area contributed by atoms with Crippen LogP contribution in [-0.4, -0.2) is 31.3 Å². The normalized spacial score (nSPS) is 25.9. The third-order valence-electron chi connectivity index (χ3n) is 4.60.